The number of thiophene rings is 1. The Kier molecular flexibility index (Phi) is 3.71. The molecule has 6 heteroatoms. The van der Waals surface area contributed by atoms with Crippen LogP contribution in [-0.2, 0) is 6.61 Å². The summed E-state index contributed by atoms with van der Waals surface area (Å²) in [5.74, 6) is -0.181. The van der Waals surface area contributed by atoms with Crippen LogP contribution >= 0.6 is 11.3 Å². The Bertz CT molecular complexity index is 656. The minimum Gasteiger partial charge on any atom is -0.486 e. The Morgan fingerprint density at radius 1 is 1.57 bits per heavy atom. The van der Waals surface area contributed by atoms with Crippen LogP contribution in [0.1, 0.15) is 58.9 Å². The zero-order valence-electron chi connectivity index (χ0n) is 12.1. The van der Waals surface area contributed by atoms with E-state index in [2.05, 4.69) is 9.55 Å². The first kappa shape index (κ1) is 14.1. The maximum absolute atomic E-state index is 11.3. The highest BCUT2D eigenvalue weighted by molar-refractivity contribution is 7.14. The monoisotopic (exact) mass is 306 g/mol. The second-order valence-corrected chi connectivity index (χ2v) is 6.70. The van der Waals surface area contributed by atoms with E-state index >= 15 is 0 Å². The van der Waals surface area contributed by atoms with E-state index in [-0.39, 0.29) is 4.88 Å². The van der Waals surface area contributed by atoms with Gasteiger partial charge in [0, 0.05) is 10.9 Å². The molecule has 0 aromatic carbocycles. The van der Waals surface area contributed by atoms with E-state index < -0.39 is 5.97 Å². The van der Waals surface area contributed by atoms with Crippen LogP contribution in [0.15, 0.2) is 18.6 Å². The van der Waals surface area contributed by atoms with Crippen LogP contribution in [0.4, 0.5) is 0 Å². The molecule has 3 rings (SSSR count). The number of hydrogen-bond donors (Lipinski definition) is 1. The molecule has 0 saturated heterocycles. The third kappa shape index (κ3) is 2.95. The van der Waals surface area contributed by atoms with Crippen LogP contribution in [-0.4, -0.2) is 20.6 Å². The van der Waals surface area contributed by atoms with Crippen molar-refractivity contribution in [2.24, 2.45) is 0 Å². The van der Waals surface area contributed by atoms with Gasteiger partial charge in [0.1, 0.15) is 12.4 Å². The number of carboxylic acid groups (broad SMARTS) is 1. The van der Waals surface area contributed by atoms with Crippen LogP contribution in [0.2, 0.25) is 0 Å². The van der Waals surface area contributed by atoms with E-state index in [1.807, 2.05) is 26.2 Å². The summed E-state index contributed by atoms with van der Waals surface area (Å²) in [5, 5.41) is 9.28. The fourth-order valence-corrected chi connectivity index (χ4v) is 3.15. The lowest BCUT2D eigenvalue weighted by Crippen LogP contribution is -2.05. The number of aromatic carboxylic acids is 1. The predicted molar refractivity (Wildman–Crippen MR) is 80.2 cm³/mol. The van der Waals surface area contributed by atoms with Gasteiger partial charge in [0.15, 0.2) is 4.88 Å². The fourth-order valence-electron chi connectivity index (χ4n) is 2.21. The maximum atomic E-state index is 11.3. The summed E-state index contributed by atoms with van der Waals surface area (Å²) in [6, 6.07) is 2.38. The third-order valence-corrected chi connectivity index (χ3v) is 4.95. The molecule has 1 fully saturated rings. The molecular weight excluding hydrogens is 288 g/mol. The first-order valence-corrected chi connectivity index (χ1v) is 7.88. The van der Waals surface area contributed by atoms with Crippen molar-refractivity contribution in [2.45, 2.75) is 45.3 Å². The average molecular weight is 306 g/mol. The molecule has 2 heterocycles. The summed E-state index contributed by atoms with van der Waals surface area (Å²) in [5.41, 5.74) is 0.992. The van der Waals surface area contributed by atoms with Crippen molar-refractivity contribution in [1.82, 2.24) is 9.55 Å². The van der Waals surface area contributed by atoms with Gasteiger partial charge in [-0.3, -0.25) is 0 Å². The van der Waals surface area contributed by atoms with Crippen molar-refractivity contribution >= 4 is 17.3 Å². The quantitative estimate of drug-likeness (QED) is 0.884. The van der Waals surface area contributed by atoms with E-state index in [0.29, 0.717) is 24.3 Å². The molecule has 0 aliphatic heterocycles. The number of aromatic nitrogens is 2. The molecule has 21 heavy (non-hydrogen) atoms. The number of ether oxygens (including phenoxy) is 1. The molecule has 5 nitrogen and oxygen atoms in total. The van der Waals surface area contributed by atoms with Gasteiger partial charge in [-0.05, 0) is 24.8 Å². The minimum absolute atomic E-state index is 0.274. The lowest BCUT2D eigenvalue weighted by Gasteiger charge is -2.08. The van der Waals surface area contributed by atoms with Gasteiger partial charge in [0.25, 0.3) is 0 Å². The van der Waals surface area contributed by atoms with Crippen molar-refractivity contribution in [3.05, 3.63) is 34.0 Å². The molecule has 1 N–H and O–H groups in total. The number of carbonyl (C=O) groups is 1. The zero-order chi connectivity index (χ0) is 15.0. The van der Waals surface area contributed by atoms with Crippen LogP contribution in [0, 0.1) is 0 Å². The van der Waals surface area contributed by atoms with Gasteiger partial charge in [-0.25, -0.2) is 9.78 Å². The molecular formula is C15H18N2O3S. The highest BCUT2D eigenvalue weighted by atomic mass is 32.1. The lowest BCUT2D eigenvalue weighted by atomic mass is 10.2. The van der Waals surface area contributed by atoms with Gasteiger partial charge < -0.3 is 14.4 Å². The Morgan fingerprint density at radius 2 is 2.33 bits per heavy atom. The van der Waals surface area contributed by atoms with Crippen molar-refractivity contribution in [1.29, 1.82) is 0 Å². The van der Waals surface area contributed by atoms with Crippen molar-refractivity contribution in [3.8, 4) is 5.75 Å². The molecule has 0 atom stereocenters. The topological polar surface area (TPSA) is 64.4 Å². The van der Waals surface area contributed by atoms with Crippen LogP contribution in [0.3, 0.4) is 0 Å². The number of nitrogens with zero attached hydrogens (tertiary/aromatic N) is 2. The number of hydrogen-bond acceptors (Lipinski definition) is 4. The van der Waals surface area contributed by atoms with Gasteiger partial charge in [0.05, 0.1) is 18.2 Å². The molecule has 0 unspecified atom stereocenters. The second-order valence-electron chi connectivity index (χ2n) is 5.61. The summed E-state index contributed by atoms with van der Waals surface area (Å²) in [4.78, 5) is 16.8. The summed E-state index contributed by atoms with van der Waals surface area (Å²) < 4.78 is 7.88. The number of rotatable bonds is 6. The first-order valence-electron chi connectivity index (χ1n) is 7.06. The summed E-state index contributed by atoms with van der Waals surface area (Å²) >= 11 is 1.29. The van der Waals surface area contributed by atoms with Crippen molar-refractivity contribution in [3.63, 3.8) is 0 Å². The van der Waals surface area contributed by atoms with E-state index in [4.69, 9.17) is 4.74 Å². The third-order valence-electron chi connectivity index (χ3n) is 3.54. The van der Waals surface area contributed by atoms with Crippen LogP contribution < -0.4 is 4.74 Å². The van der Waals surface area contributed by atoms with Crippen LogP contribution in [0.25, 0.3) is 0 Å². The van der Waals surface area contributed by atoms with Gasteiger partial charge in [-0.2, -0.15) is 0 Å². The van der Waals surface area contributed by atoms with E-state index in [1.54, 1.807) is 6.20 Å². The molecule has 0 radical (unpaired) electrons. The summed E-state index contributed by atoms with van der Waals surface area (Å²) in [6.45, 7) is 4.44. The Balaban J connectivity index is 1.77. The highest BCUT2D eigenvalue weighted by Gasteiger charge is 2.25. The number of carboxylic acids is 1. The smallest absolute Gasteiger partial charge is 0.349 e. The number of imidazole rings is 1. The van der Waals surface area contributed by atoms with E-state index in [0.717, 1.165) is 10.6 Å². The lowest BCUT2D eigenvalue weighted by molar-refractivity contribution is 0.0697. The molecule has 2 aromatic heterocycles. The molecule has 0 bridgehead atoms. The van der Waals surface area contributed by atoms with Gasteiger partial charge in [-0.1, -0.05) is 13.8 Å². The SMILES string of the molecule is CC(C)c1cc(OCc2cncn2C2CC2)c(C(=O)O)s1. The van der Waals surface area contributed by atoms with E-state index in [9.17, 15) is 9.90 Å². The zero-order valence-corrected chi connectivity index (χ0v) is 12.9. The molecule has 1 aliphatic rings. The molecule has 2 aromatic rings. The van der Waals surface area contributed by atoms with E-state index in [1.165, 1.54) is 24.2 Å². The highest BCUT2D eigenvalue weighted by Crippen LogP contribution is 2.37. The van der Waals surface area contributed by atoms with Crippen molar-refractivity contribution in [2.75, 3.05) is 0 Å². The first-order chi connectivity index (χ1) is 10.1. The fraction of sp³-hybridized carbons (Fsp3) is 0.467. The molecule has 0 spiro atoms. The van der Waals surface area contributed by atoms with Crippen LogP contribution in [0.5, 0.6) is 5.75 Å². The molecule has 1 aliphatic carbocycles. The molecule has 112 valence electrons. The second kappa shape index (κ2) is 5.52. The molecule has 0 amide bonds. The van der Waals surface area contributed by atoms with Gasteiger partial charge in [-0.15, -0.1) is 11.3 Å². The van der Waals surface area contributed by atoms with Crippen molar-refractivity contribution < 1.29 is 14.6 Å². The largest absolute Gasteiger partial charge is 0.486 e. The van der Waals surface area contributed by atoms with Gasteiger partial charge >= 0.3 is 5.97 Å². The average Bonchev–Trinajstić information content (AvgIpc) is 3.02. The standard InChI is InChI=1S/C15H18N2O3S/c1-9(2)13-5-12(14(21-13)15(18)19)20-7-11-6-16-8-17(11)10-3-4-10/h5-6,8-10H,3-4,7H2,1-2H3,(H,18,19). The Morgan fingerprint density at radius 3 is 2.95 bits per heavy atom. The Labute approximate surface area is 127 Å². The minimum atomic E-state index is -0.933. The summed E-state index contributed by atoms with van der Waals surface area (Å²) in [7, 11) is 0. The van der Waals surface area contributed by atoms with Gasteiger partial charge in [0.2, 0.25) is 0 Å². The molecule has 1 saturated carbocycles. The maximum Gasteiger partial charge on any atom is 0.349 e. The Hall–Kier alpha value is -1.82. The predicted octanol–water partition coefficient (Wildman–Crippen LogP) is 3.68. The summed E-state index contributed by atoms with van der Waals surface area (Å²) in [6.07, 6.45) is 5.97. The normalized spacial score (nSPS) is 14.6.